The molecule has 0 atom stereocenters. The Bertz CT molecular complexity index is 1060. The van der Waals surface area contributed by atoms with Gasteiger partial charge >= 0.3 is 0 Å². The highest BCUT2D eigenvalue weighted by atomic mass is 32.2. The van der Waals surface area contributed by atoms with Crippen LogP contribution in [0.3, 0.4) is 0 Å². The standard InChI is InChI=1S/C24H31FN4O3S/c25-19-7-9-20(10-8-19)27-24(30)18-26-22-17-21(33(31,32)29-15-5-2-6-16-29)11-12-23(22)28-13-3-1-4-14-28/h7-12,17,26H,1-6,13-16,18H2,(H,27,30). The van der Waals surface area contributed by atoms with Gasteiger partial charge in [0.1, 0.15) is 5.82 Å². The average molecular weight is 475 g/mol. The van der Waals surface area contributed by atoms with Gasteiger partial charge in [-0.15, -0.1) is 0 Å². The molecular weight excluding hydrogens is 443 g/mol. The van der Waals surface area contributed by atoms with E-state index in [1.807, 2.05) is 6.07 Å². The first-order valence-electron chi connectivity index (χ1n) is 11.6. The van der Waals surface area contributed by atoms with E-state index in [-0.39, 0.29) is 23.2 Å². The van der Waals surface area contributed by atoms with Crippen molar-refractivity contribution in [1.82, 2.24) is 4.31 Å². The normalized spacial score (nSPS) is 17.5. The van der Waals surface area contributed by atoms with Crippen LogP contribution in [0.2, 0.25) is 0 Å². The summed E-state index contributed by atoms with van der Waals surface area (Å²) in [6.07, 6.45) is 6.15. The van der Waals surface area contributed by atoms with Crippen LogP contribution in [0.4, 0.5) is 21.5 Å². The van der Waals surface area contributed by atoms with Crippen molar-refractivity contribution in [2.75, 3.05) is 48.3 Å². The Kier molecular flexibility index (Phi) is 7.49. The molecular formula is C24H31FN4O3S. The molecule has 2 aromatic rings. The first-order chi connectivity index (χ1) is 15.9. The maximum atomic E-state index is 13.2. The number of benzene rings is 2. The second kappa shape index (κ2) is 10.5. The molecule has 0 bridgehead atoms. The van der Waals surface area contributed by atoms with E-state index in [9.17, 15) is 17.6 Å². The van der Waals surface area contributed by atoms with Gasteiger partial charge < -0.3 is 15.5 Å². The van der Waals surface area contributed by atoms with Crippen LogP contribution in [0.15, 0.2) is 47.4 Å². The molecule has 178 valence electrons. The number of amides is 1. The number of hydrogen-bond acceptors (Lipinski definition) is 5. The third kappa shape index (κ3) is 5.83. The zero-order chi connectivity index (χ0) is 23.3. The van der Waals surface area contributed by atoms with E-state index in [0.29, 0.717) is 24.5 Å². The fraction of sp³-hybridized carbons (Fsp3) is 0.458. The third-order valence-electron chi connectivity index (χ3n) is 6.18. The lowest BCUT2D eigenvalue weighted by molar-refractivity contribution is -0.114. The van der Waals surface area contributed by atoms with Crippen molar-refractivity contribution in [3.05, 3.63) is 48.3 Å². The molecule has 4 rings (SSSR count). The summed E-state index contributed by atoms with van der Waals surface area (Å²) in [5.41, 5.74) is 2.03. The molecule has 33 heavy (non-hydrogen) atoms. The molecule has 1 amide bonds. The summed E-state index contributed by atoms with van der Waals surface area (Å²) >= 11 is 0. The van der Waals surface area contributed by atoms with Gasteiger partial charge in [-0.2, -0.15) is 4.31 Å². The number of anilines is 3. The van der Waals surface area contributed by atoms with Crippen LogP contribution in [0.5, 0.6) is 0 Å². The number of nitrogens with one attached hydrogen (secondary N) is 2. The van der Waals surface area contributed by atoms with Crippen molar-refractivity contribution in [3.8, 4) is 0 Å². The van der Waals surface area contributed by atoms with Crippen molar-refractivity contribution < 1.29 is 17.6 Å². The zero-order valence-electron chi connectivity index (χ0n) is 18.7. The molecule has 9 heteroatoms. The van der Waals surface area contributed by atoms with E-state index < -0.39 is 10.0 Å². The van der Waals surface area contributed by atoms with Crippen molar-refractivity contribution in [1.29, 1.82) is 0 Å². The topological polar surface area (TPSA) is 81.8 Å². The van der Waals surface area contributed by atoms with Gasteiger partial charge in [0, 0.05) is 31.9 Å². The molecule has 0 spiro atoms. The molecule has 0 aromatic heterocycles. The summed E-state index contributed by atoms with van der Waals surface area (Å²) in [5.74, 6) is -0.667. The first-order valence-corrected chi connectivity index (χ1v) is 13.1. The molecule has 2 N–H and O–H groups in total. The van der Waals surface area contributed by atoms with Gasteiger partial charge in [-0.3, -0.25) is 4.79 Å². The molecule has 2 fully saturated rings. The van der Waals surface area contributed by atoms with Crippen LogP contribution in [0, 0.1) is 5.82 Å². The Hall–Kier alpha value is -2.65. The largest absolute Gasteiger partial charge is 0.374 e. The molecule has 0 unspecified atom stereocenters. The number of halogens is 1. The number of nitrogens with zero attached hydrogens (tertiary/aromatic N) is 2. The van der Waals surface area contributed by atoms with Gasteiger partial charge in [-0.1, -0.05) is 6.42 Å². The lowest BCUT2D eigenvalue weighted by atomic mass is 10.1. The summed E-state index contributed by atoms with van der Waals surface area (Å²) in [4.78, 5) is 15.0. The lowest BCUT2D eigenvalue weighted by Crippen LogP contribution is -2.36. The van der Waals surface area contributed by atoms with Crippen molar-refractivity contribution in [2.45, 2.75) is 43.4 Å². The third-order valence-corrected chi connectivity index (χ3v) is 8.08. The molecule has 7 nitrogen and oxygen atoms in total. The second-order valence-corrected chi connectivity index (χ2v) is 10.5. The van der Waals surface area contributed by atoms with Crippen LogP contribution in [-0.2, 0) is 14.8 Å². The molecule has 2 saturated heterocycles. The summed E-state index contributed by atoms with van der Waals surface area (Å²) in [5, 5.41) is 5.87. The molecule has 0 radical (unpaired) electrons. The molecule has 2 aliphatic heterocycles. The molecule has 2 aliphatic rings. The predicted molar refractivity (Wildman–Crippen MR) is 129 cm³/mol. The number of hydrogen-bond donors (Lipinski definition) is 2. The molecule has 0 aliphatic carbocycles. The van der Waals surface area contributed by atoms with Crippen LogP contribution < -0.4 is 15.5 Å². The zero-order valence-corrected chi connectivity index (χ0v) is 19.5. The maximum Gasteiger partial charge on any atom is 0.243 e. The number of carbonyl (C=O) groups is 1. The summed E-state index contributed by atoms with van der Waals surface area (Å²) in [7, 11) is -3.58. The van der Waals surface area contributed by atoms with E-state index >= 15 is 0 Å². The Morgan fingerprint density at radius 1 is 0.879 bits per heavy atom. The number of rotatable bonds is 7. The van der Waals surface area contributed by atoms with Crippen LogP contribution in [-0.4, -0.2) is 51.4 Å². The van der Waals surface area contributed by atoms with E-state index in [1.54, 1.807) is 16.4 Å². The Morgan fingerprint density at radius 3 is 2.18 bits per heavy atom. The number of piperidine rings is 2. The van der Waals surface area contributed by atoms with Gasteiger partial charge in [0.15, 0.2) is 0 Å². The monoisotopic (exact) mass is 474 g/mol. The molecule has 0 saturated carbocycles. The lowest BCUT2D eigenvalue weighted by Gasteiger charge is -2.31. The van der Waals surface area contributed by atoms with E-state index in [1.165, 1.54) is 30.7 Å². The quantitative estimate of drug-likeness (QED) is 0.633. The van der Waals surface area contributed by atoms with Crippen molar-refractivity contribution >= 4 is 33.0 Å². The van der Waals surface area contributed by atoms with Crippen LogP contribution in [0.1, 0.15) is 38.5 Å². The van der Waals surface area contributed by atoms with Gasteiger partial charge in [0.2, 0.25) is 15.9 Å². The predicted octanol–water partition coefficient (Wildman–Crippen LogP) is 4.04. The van der Waals surface area contributed by atoms with E-state index in [0.717, 1.165) is 50.9 Å². The Balaban J connectivity index is 1.54. The Morgan fingerprint density at radius 2 is 1.52 bits per heavy atom. The maximum absolute atomic E-state index is 13.2. The first kappa shape index (κ1) is 23.5. The number of sulfonamides is 1. The van der Waals surface area contributed by atoms with Crippen molar-refractivity contribution in [2.24, 2.45) is 0 Å². The highest BCUT2D eigenvalue weighted by Crippen LogP contribution is 2.32. The second-order valence-electron chi connectivity index (χ2n) is 8.60. The van der Waals surface area contributed by atoms with Gasteiger partial charge in [0.05, 0.1) is 22.8 Å². The molecule has 2 aromatic carbocycles. The fourth-order valence-electron chi connectivity index (χ4n) is 4.40. The summed E-state index contributed by atoms with van der Waals surface area (Å²) < 4.78 is 41.1. The van der Waals surface area contributed by atoms with Gasteiger partial charge in [-0.05, 0) is 74.6 Å². The minimum Gasteiger partial charge on any atom is -0.374 e. The SMILES string of the molecule is O=C(CNc1cc(S(=O)(=O)N2CCCCC2)ccc1N1CCCCC1)Nc1ccc(F)cc1. The minimum absolute atomic E-state index is 0.0363. The average Bonchev–Trinajstić information content (AvgIpc) is 2.85. The highest BCUT2D eigenvalue weighted by Gasteiger charge is 2.27. The summed E-state index contributed by atoms with van der Waals surface area (Å²) in [6, 6.07) is 10.7. The highest BCUT2D eigenvalue weighted by molar-refractivity contribution is 7.89. The smallest absolute Gasteiger partial charge is 0.243 e. The van der Waals surface area contributed by atoms with E-state index in [2.05, 4.69) is 15.5 Å². The van der Waals surface area contributed by atoms with E-state index in [4.69, 9.17) is 0 Å². The van der Waals surface area contributed by atoms with Crippen LogP contribution >= 0.6 is 0 Å². The minimum atomic E-state index is -3.58. The summed E-state index contributed by atoms with van der Waals surface area (Å²) in [6.45, 7) is 2.84. The van der Waals surface area contributed by atoms with Gasteiger partial charge in [-0.25, -0.2) is 12.8 Å². The van der Waals surface area contributed by atoms with Crippen LogP contribution in [0.25, 0.3) is 0 Å². The number of carbonyl (C=O) groups excluding carboxylic acids is 1. The van der Waals surface area contributed by atoms with Gasteiger partial charge in [0.25, 0.3) is 0 Å². The van der Waals surface area contributed by atoms with Crippen molar-refractivity contribution in [3.63, 3.8) is 0 Å². The molecule has 2 heterocycles. The fourth-order valence-corrected chi connectivity index (χ4v) is 5.94. The Labute approximate surface area is 195 Å².